The zero-order valence-electron chi connectivity index (χ0n) is 10.9. The molecule has 0 aromatic heterocycles. The minimum absolute atomic E-state index is 1.17. The highest BCUT2D eigenvalue weighted by Gasteiger charge is 2.08. The largest absolute Gasteiger partial charge is 0.363 e. The van der Waals surface area contributed by atoms with Gasteiger partial charge in [0.25, 0.3) is 0 Å². The summed E-state index contributed by atoms with van der Waals surface area (Å²) in [6, 6.07) is 0. The van der Waals surface area contributed by atoms with Crippen molar-refractivity contribution in [2.24, 2.45) is 4.99 Å². The molecule has 0 saturated carbocycles. The van der Waals surface area contributed by atoms with Crippen LogP contribution in [-0.4, -0.2) is 31.4 Å². The summed E-state index contributed by atoms with van der Waals surface area (Å²) in [5.74, 6) is 1.28. The summed E-state index contributed by atoms with van der Waals surface area (Å²) in [6.07, 6.45) is 5.18. The topological polar surface area (TPSA) is 15.6 Å². The molecule has 0 aromatic rings. The second-order valence-corrected chi connectivity index (χ2v) is 2.87. The molecule has 0 bridgehead atoms. The van der Waals surface area contributed by atoms with Gasteiger partial charge in [0.1, 0.15) is 0 Å². The van der Waals surface area contributed by atoms with Gasteiger partial charge < -0.3 is 4.90 Å². The SMILES string of the molecule is CC.CC.CN=C1CCCCCN1C. The zero-order valence-corrected chi connectivity index (χ0v) is 10.9. The van der Waals surface area contributed by atoms with E-state index < -0.39 is 0 Å². The van der Waals surface area contributed by atoms with E-state index in [1.54, 1.807) is 0 Å². The first-order valence-corrected chi connectivity index (χ1v) is 6.01. The van der Waals surface area contributed by atoms with Crippen molar-refractivity contribution in [3.05, 3.63) is 0 Å². The van der Waals surface area contributed by atoms with Crippen LogP contribution >= 0.6 is 0 Å². The average Bonchev–Trinajstić information content (AvgIpc) is 2.48. The van der Waals surface area contributed by atoms with Crippen molar-refractivity contribution in [3.63, 3.8) is 0 Å². The molecule has 0 N–H and O–H groups in total. The van der Waals surface area contributed by atoms with E-state index in [-0.39, 0.29) is 0 Å². The third-order valence-corrected chi connectivity index (χ3v) is 2.09. The van der Waals surface area contributed by atoms with Crippen LogP contribution in [0.25, 0.3) is 0 Å². The maximum Gasteiger partial charge on any atom is 0.0982 e. The molecule has 0 aliphatic carbocycles. The first kappa shape index (κ1) is 15.9. The van der Waals surface area contributed by atoms with Crippen molar-refractivity contribution in [3.8, 4) is 0 Å². The van der Waals surface area contributed by atoms with E-state index in [1.165, 1.54) is 38.1 Å². The van der Waals surface area contributed by atoms with E-state index in [2.05, 4.69) is 16.9 Å². The maximum atomic E-state index is 4.23. The van der Waals surface area contributed by atoms with Gasteiger partial charge >= 0.3 is 0 Å². The van der Waals surface area contributed by atoms with Gasteiger partial charge in [-0.25, -0.2) is 0 Å². The molecular weight excluding hydrogens is 172 g/mol. The number of likely N-dealkylation sites (tertiary alicyclic amines) is 1. The summed E-state index contributed by atoms with van der Waals surface area (Å²) in [7, 11) is 4.02. The van der Waals surface area contributed by atoms with Crippen molar-refractivity contribution < 1.29 is 0 Å². The lowest BCUT2D eigenvalue weighted by molar-refractivity contribution is 0.494. The summed E-state index contributed by atoms with van der Waals surface area (Å²) in [6.45, 7) is 9.19. The van der Waals surface area contributed by atoms with Gasteiger partial charge in [-0.3, -0.25) is 4.99 Å². The van der Waals surface area contributed by atoms with E-state index in [4.69, 9.17) is 0 Å². The Morgan fingerprint density at radius 2 is 1.57 bits per heavy atom. The predicted molar refractivity (Wildman–Crippen MR) is 67.2 cm³/mol. The smallest absolute Gasteiger partial charge is 0.0982 e. The molecule has 0 aromatic carbocycles. The molecule has 14 heavy (non-hydrogen) atoms. The van der Waals surface area contributed by atoms with Crippen molar-refractivity contribution in [2.75, 3.05) is 20.6 Å². The van der Waals surface area contributed by atoms with Gasteiger partial charge in [-0.05, 0) is 12.8 Å². The lowest BCUT2D eigenvalue weighted by Gasteiger charge is -2.16. The average molecular weight is 200 g/mol. The molecule has 0 atom stereocenters. The molecule has 1 fully saturated rings. The van der Waals surface area contributed by atoms with Crippen molar-refractivity contribution in [1.82, 2.24) is 4.90 Å². The molecule has 0 spiro atoms. The fourth-order valence-electron chi connectivity index (χ4n) is 1.41. The normalized spacial score (nSPS) is 18.7. The maximum absolute atomic E-state index is 4.23. The van der Waals surface area contributed by atoms with Crippen LogP contribution in [0.4, 0.5) is 0 Å². The quantitative estimate of drug-likeness (QED) is 0.583. The van der Waals surface area contributed by atoms with Crippen LogP contribution in [0.15, 0.2) is 4.99 Å². The van der Waals surface area contributed by atoms with E-state index >= 15 is 0 Å². The molecule has 0 amide bonds. The van der Waals surface area contributed by atoms with Gasteiger partial charge in [-0.2, -0.15) is 0 Å². The van der Waals surface area contributed by atoms with Gasteiger partial charge in [0.15, 0.2) is 0 Å². The first-order chi connectivity index (χ1) is 6.84. The molecule has 2 nitrogen and oxygen atoms in total. The first-order valence-electron chi connectivity index (χ1n) is 6.01. The van der Waals surface area contributed by atoms with Gasteiger partial charge in [0.2, 0.25) is 0 Å². The second-order valence-electron chi connectivity index (χ2n) is 2.87. The Bertz CT molecular complexity index is 130. The fraction of sp³-hybridized carbons (Fsp3) is 0.917. The van der Waals surface area contributed by atoms with Crippen LogP contribution < -0.4 is 0 Å². The van der Waals surface area contributed by atoms with Gasteiger partial charge in [-0.15, -0.1) is 0 Å². The van der Waals surface area contributed by atoms with Crippen LogP contribution in [0.1, 0.15) is 53.4 Å². The monoisotopic (exact) mass is 200 g/mol. The Hall–Kier alpha value is -0.530. The fourth-order valence-corrected chi connectivity index (χ4v) is 1.41. The molecule has 1 saturated heterocycles. The number of amidine groups is 1. The summed E-state index contributed by atoms with van der Waals surface area (Å²) < 4.78 is 0. The Morgan fingerprint density at radius 3 is 2.07 bits per heavy atom. The van der Waals surface area contributed by atoms with Crippen LogP contribution in [0.5, 0.6) is 0 Å². The summed E-state index contributed by atoms with van der Waals surface area (Å²) in [5.41, 5.74) is 0. The van der Waals surface area contributed by atoms with Crippen LogP contribution in [0.2, 0.25) is 0 Å². The lowest BCUT2D eigenvalue weighted by atomic mass is 10.2. The zero-order chi connectivity index (χ0) is 11.4. The molecule has 1 heterocycles. The van der Waals surface area contributed by atoms with E-state index in [1.807, 2.05) is 34.7 Å². The number of hydrogen-bond acceptors (Lipinski definition) is 1. The molecule has 1 aliphatic rings. The molecule has 1 rings (SSSR count). The Balaban J connectivity index is 0. The van der Waals surface area contributed by atoms with Gasteiger partial charge in [-0.1, -0.05) is 34.1 Å². The van der Waals surface area contributed by atoms with Crippen LogP contribution in [0, 0.1) is 0 Å². The minimum atomic E-state index is 1.17. The van der Waals surface area contributed by atoms with E-state index in [9.17, 15) is 0 Å². The number of rotatable bonds is 0. The third kappa shape index (κ3) is 6.93. The Kier molecular flexibility index (Phi) is 14.2. The summed E-state index contributed by atoms with van der Waals surface area (Å²) in [5, 5.41) is 0. The predicted octanol–water partition coefficient (Wildman–Crippen LogP) is 3.57. The Morgan fingerprint density at radius 1 is 1.00 bits per heavy atom. The summed E-state index contributed by atoms with van der Waals surface area (Å²) in [4.78, 5) is 6.50. The van der Waals surface area contributed by atoms with Crippen molar-refractivity contribution >= 4 is 5.84 Å². The van der Waals surface area contributed by atoms with Crippen molar-refractivity contribution in [2.45, 2.75) is 53.4 Å². The Labute approximate surface area is 90.4 Å². The second kappa shape index (κ2) is 12.5. The highest BCUT2D eigenvalue weighted by Crippen LogP contribution is 2.09. The standard InChI is InChI=1S/C8H16N2.2C2H6/c1-9-8-6-4-3-5-7-10(8)2;2*1-2/h3-7H2,1-2H3;2*1-2H3. The molecule has 1 aliphatic heterocycles. The third-order valence-electron chi connectivity index (χ3n) is 2.09. The van der Waals surface area contributed by atoms with Gasteiger partial charge in [0.05, 0.1) is 5.84 Å². The van der Waals surface area contributed by atoms with E-state index in [0.717, 1.165) is 0 Å². The number of hydrogen-bond donors (Lipinski definition) is 0. The van der Waals surface area contributed by atoms with E-state index in [0.29, 0.717) is 0 Å². The lowest BCUT2D eigenvalue weighted by Crippen LogP contribution is -2.25. The number of nitrogens with zero attached hydrogens (tertiary/aromatic N) is 2. The van der Waals surface area contributed by atoms with Gasteiger partial charge in [0, 0.05) is 27.1 Å². The number of aliphatic imine (C=N–C) groups is 1. The summed E-state index contributed by atoms with van der Waals surface area (Å²) >= 11 is 0. The van der Waals surface area contributed by atoms with Crippen LogP contribution in [0.3, 0.4) is 0 Å². The molecule has 86 valence electrons. The molecule has 0 unspecified atom stereocenters. The molecule has 0 radical (unpaired) electrons. The highest BCUT2D eigenvalue weighted by atomic mass is 15.2. The van der Waals surface area contributed by atoms with Crippen LogP contribution in [-0.2, 0) is 0 Å². The highest BCUT2D eigenvalue weighted by molar-refractivity contribution is 5.82. The molecular formula is C12H28N2. The minimum Gasteiger partial charge on any atom is -0.363 e. The molecule has 2 heteroatoms. The van der Waals surface area contributed by atoms with Crippen molar-refractivity contribution in [1.29, 1.82) is 0 Å².